The van der Waals surface area contributed by atoms with E-state index in [1.54, 1.807) is 17.4 Å². The average molecular weight is 374 g/mol. The highest BCUT2D eigenvalue weighted by Gasteiger charge is 2.27. The first-order chi connectivity index (χ1) is 13.8. The molecule has 28 heavy (non-hydrogen) atoms. The SMILES string of the molecule is c1coc(-c2ncc(CN3CCN(C4CCc5ccccc5C4)CC3)cn2)c1. The molecule has 2 aromatic heterocycles. The van der Waals surface area contributed by atoms with Gasteiger partial charge in [0.15, 0.2) is 11.6 Å². The van der Waals surface area contributed by atoms with Gasteiger partial charge in [-0.3, -0.25) is 9.80 Å². The molecule has 5 rings (SSSR count). The number of hydrogen-bond acceptors (Lipinski definition) is 5. The van der Waals surface area contributed by atoms with E-state index in [1.807, 2.05) is 24.5 Å². The predicted octanol–water partition coefficient (Wildman–Crippen LogP) is 3.41. The topological polar surface area (TPSA) is 45.4 Å². The molecular weight excluding hydrogens is 348 g/mol. The molecular formula is C23H26N4O. The van der Waals surface area contributed by atoms with Gasteiger partial charge >= 0.3 is 0 Å². The Hall–Kier alpha value is -2.50. The minimum atomic E-state index is 0.649. The predicted molar refractivity (Wildman–Crippen MR) is 109 cm³/mol. The van der Waals surface area contributed by atoms with E-state index < -0.39 is 0 Å². The van der Waals surface area contributed by atoms with Crippen LogP contribution in [0.3, 0.4) is 0 Å². The van der Waals surface area contributed by atoms with Crippen LogP contribution in [0.15, 0.2) is 59.5 Å². The molecule has 1 unspecified atom stereocenters. The zero-order valence-electron chi connectivity index (χ0n) is 16.1. The van der Waals surface area contributed by atoms with Crippen molar-refractivity contribution in [2.75, 3.05) is 26.2 Å². The van der Waals surface area contributed by atoms with Crippen LogP contribution in [0.4, 0.5) is 0 Å². The summed E-state index contributed by atoms with van der Waals surface area (Å²) in [6, 6.07) is 13.4. The van der Waals surface area contributed by atoms with Crippen LogP contribution in [0, 0.1) is 0 Å². The highest BCUT2D eigenvalue weighted by molar-refractivity contribution is 5.45. The summed E-state index contributed by atoms with van der Waals surface area (Å²) in [5.41, 5.74) is 4.26. The first-order valence-corrected chi connectivity index (χ1v) is 10.2. The van der Waals surface area contributed by atoms with Gasteiger partial charge in [-0.15, -0.1) is 0 Å². The lowest BCUT2D eigenvalue weighted by atomic mass is 9.87. The van der Waals surface area contributed by atoms with Crippen molar-refractivity contribution in [1.82, 2.24) is 19.8 Å². The standard InChI is InChI=1S/C23H26N4O/c1-2-5-20-14-21(8-7-19(20)4-1)27-11-9-26(10-12-27)17-18-15-24-23(25-16-18)22-6-3-13-28-22/h1-6,13,15-16,21H,7-12,14,17H2. The fraction of sp³-hybridized carbons (Fsp3) is 0.391. The number of aryl methyl sites for hydroxylation is 1. The maximum absolute atomic E-state index is 5.36. The summed E-state index contributed by atoms with van der Waals surface area (Å²) < 4.78 is 5.36. The van der Waals surface area contributed by atoms with E-state index in [1.165, 1.54) is 19.3 Å². The van der Waals surface area contributed by atoms with Gasteiger partial charge in [-0.2, -0.15) is 0 Å². The zero-order chi connectivity index (χ0) is 18.8. The maximum Gasteiger partial charge on any atom is 0.195 e. The third-order valence-electron chi connectivity index (χ3n) is 6.10. The van der Waals surface area contributed by atoms with E-state index in [9.17, 15) is 0 Å². The Kier molecular flexibility index (Phi) is 4.93. The summed E-state index contributed by atoms with van der Waals surface area (Å²) in [5.74, 6) is 1.37. The van der Waals surface area contributed by atoms with E-state index in [4.69, 9.17) is 4.42 Å². The smallest absolute Gasteiger partial charge is 0.195 e. The minimum Gasteiger partial charge on any atom is -0.461 e. The number of hydrogen-bond donors (Lipinski definition) is 0. The van der Waals surface area contributed by atoms with Crippen LogP contribution in [0.1, 0.15) is 23.1 Å². The van der Waals surface area contributed by atoms with Crippen LogP contribution < -0.4 is 0 Å². The normalized spacial score (nSPS) is 20.8. The monoisotopic (exact) mass is 374 g/mol. The van der Waals surface area contributed by atoms with Gasteiger partial charge in [0.2, 0.25) is 0 Å². The highest BCUT2D eigenvalue weighted by Crippen LogP contribution is 2.25. The van der Waals surface area contributed by atoms with Gasteiger partial charge in [-0.1, -0.05) is 24.3 Å². The van der Waals surface area contributed by atoms with Crippen molar-refractivity contribution in [3.8, 4) is 11.6 Å². The van der Waals surface area contributed by atoms with Crippen LogP contribution in [-0.4, -0.2) is 52.0 Å². The fourth-order valence-electron chi connectivity index (χ4n) is 4.50. The van der Waals surface area contributed by atoms with Gasteiger partial charge < -0.3 is 4.42 Å². The van der Waals surface area contributed by atoms with Crippen molar-refractivity contribution in [2.45, 2.75) is 31.8 Å². The first-order valence-electron chi connectivity index (χ1n) is 10.2. The zero-order valence-corrected chi connectivity index (χ0v) is 16.1. The first kappa shape index (κ1) is 17.6. The summed E-state index contributed by atoms with van der Waals surface area (Å²) >= 11 is 0. The molecule has 0 saturated carbocycles. The van der Waals surface area contributed by atoms with Gasteiger partial charge in [-0.25, -0.2) is 9.97 Å². The summed E-state index contributed by atoms with van der Waals surface area (Å²) in [4.78, 5) is 14.1. The Morgan fingerprint density at radius 2 is 1.71 bits per heavy atom. The second-order valence-electron chi connectivity index (χ2n) is 7.87. The molecule has 1 aromatic carbocycles. The number of fused-ring (bicyclic) bond motifs is 1. The Labute approximate surface area is 166 Å². The largest absolute Gasteiger partial charge is 0.461 e. The second kappa shape index (κ2) is 7.86. The van der Waals surface area contributed by atoms with Crippen molar-refractivity contribution in [2.24, 2.45) is 0 Å². The number of piperazine rings is 1. The number of furan rings is 1. The van der Waals surface area contributed by atoms with Gasteiger partial charge in [0.05, 0.1) is 6.26 Å². The van der Waals surface area contributed by atoms with Crippen LogP contribution in [0.25, 0.3) is 11.6 Å². The lowest BCUT2D eigenvalue weighted by Gasteiger charge is -2.41. The Bertz CT molecular complexity index is 899. The molecule has 0 N–H and O–H groups in total. The fourth-order valence-corrected chi connectivity index (χ4v) is 4.50. The van der Waals surface area contributed by atoms with E-state index >= 15 is 0 Å². The summed E-state index contributed by atoms with van der Waals surface area (Å²) in [5, 5.41) is 0. The Morgan fingerprint density at radius 1 is 0.929 bits per heavy atom. The summed E-state index contributed by atoms with van der Waals surface area (Å²) in [6.07, 6.45) is 9.22. The molecule has 5 nitrogen and oxygen atoms in total. The van der Waals surface area contributed by atoms with Gasteiger partial charge in [0.25, 0.3) is 0 Å². The van der Waals surface area contributed by atoms with Crippen molar-refractivity contribution in [3.63, 3.8) is 0 Å². The summed E-state index contributed by atoms with van der Waals surface area (Å²) in [7, 11) is 0. The van der Waals surface area contributed by atoms with Crippen molar-refractivity contribution < 1.29 is 4.42 Å². The molecule has 2 aliphatic rings. The molecule has 1 aliphatic heterocycles. The van der Waals surface area contributed by atoms with E-state index in [2.05, 4.69) is 44.0 Å². The molecule has 0 bridgehead atoms. The van der Waals surface area contributed by atoms with E-state index in [0.29, 0.717) is 17.6 Å². The Morgan fingerprint density at radius 3 is 2.46 bits per heavy atom. The van der Waals surface area contributed by atoms with Crippen molar-refractivity contribution >= 4 is 0 Å². The van der Waals surface area contributed by atoms with Crippen LogP contribution in [0.5, 0.6) is 0 Å². The molecule has 3 aromatic rings. The quantitative estimate of drug-likeness (QED) is 0.700. The molecule has 1 fully saturated rings. The van der Waals surface area contributed by atoms with Gasteiger partial charge in [-0.05, 0) is 42.5 Å². The Balaban J connectivity index is 1.15. The van der Waals surface area contributed by atoms with Crippen LogP contribution >= 0.6 is 0 Å². The third-order valence-corrected chi connectivity index (χ3v) is 6.10. The molecule has 0 spiro atoms. The molecule has 1 atom stereocenters. The van der Waals surface area contributed by atoms with Crippen molar-refractivity contribution in [3.05, 3.63) is 71.7 Å². The van der Waals surface area contributed by atoms with Crippen molar-refractivity contribution in [1.29, 1.82) is 0 Å². The number of rotatable bonds is 4. The highest BCUT2D eigenvalue weighted by atomic mass is 16.3. The molecule has 5 heteroatoms. The average Bonchev–Trinajstić information content (AvgIpc) is 3.29. The second-order valence-corrected chi connectivity index (χ2v) is 7.87. The van der Waals surface area contributed by atoms with Crippen LogP contribution in [-0.2, 0) is 19.4 Å². The third kappa shape index (κ3) is 3.73. The van der Waals surface area contributed by atoms with Gasteiger partial charge in [0, 0.05) is 56.7 Å². The van der Waals surface area contributed by atoms with E-state index in [-0.39, 0.29) is 0 Å². The molecule has 1 aliphatic carbocycles. The number of aromatic nitrogens is 2. The molecule has 1 saturated heterocycles. The lowest BCUT2D eigenvalue weighted by Crippen LogP contribution is -2.51. The number of nitrogens with zero attached hydrogens (tertiary/aromatic N) is 4. The maximum atomic E-state index is 5.36. The van der Waals surface area contributed by atoms with E-state index in [0.717, 1.165) is 38.3 Å². The molecule has 144 valence electrons. The van der Waals surface area contributed by atoms with Crippen LogP contribution in [0.2, 0.25) is 0 Å². The lowest BCUT2D eigenvalue weighted by molar-refractivity contribution is 0.0855. The molecule has 0 radical (unpaired) electrons. The number of benzene rings is 1. The van der Waals surface area contributed by atoms with Gasteiger partial charge in [0.1, 0.15) is 0 Å². The summed E-state index contributed by atoms with van der Waals surface area (Å²) in [6.45, 7) is 5.44. The molecule has 3 heterocycles. The minimum absolute atomic E-state index is 0.649. The molecule has 0 amide bonds.